The first-order valence-corrected chi connectivity index (χ1v) is 3.52. The van der Waals surface area contributed by atoms with Gasteiger partial charge in [0.25, 0.3) is 0 Å². The maximum Gasteiger partial charge on any atom is -0.128 e. The molecule has 0 aromatic heterocycles. The first-order valence-electron chi connectivity index (χ1n) is 0.525. The highest BCUT2D eigenvalue weighted by molar-refractivity contribution is 9.44. The quantitative estimate of drug-likeness (QED) is 0.399. The third-order valence-corrected chi connectivity index (χ3v) is 0. The van der Waals surface area contributed by atoms with E-state index in [1.165, 1.54) is 0 Å². The summed E-state index contributed by atoms with van der Waals surface area (Å²) in [6.07, 6.45) is 0. The van der Waals surface area contributed by atoms with E-state index in [0.29, 0.717) is 0 Å². The average molecular weight is 143 g/mol. The lowest BCUT2D eigenvalue weighted by molar-refractivity contribution is 0.606. The van der Waals surface area contributed by atoms with Crippen LogP contribution >= 0.6 is 14.8 Å². The zero-order chi connectivity index (χ0) is 3.58. The SMILES string of the molecule is N=[S-](=O)Br. The predicted molar refractivity (Wildman–Crippen MR) is 19.7 cm³/mol. The van der Waals surface area contributed by atoms with Gasteiger partial charge in [0, 0.05) is 0 Å². The summed E-state index contributed by atoms with van der Waals surface area (Å²) < 4.78 is 15.1. The van der Waals surface area contributed by atoms with E-state index in [0.717, 1.165) is 0 Å². The van der Waals surface area contributed by atoms with Crippen LogP contribution in [0.15, 0.2) is 0 Å². The normalized spacial score (nSPS) is 8.50. The molecule has 4 heteroatoms. The monoisotopic (exact) mass is 142 g/mol. The topological polar surface area (TPSA) is 40.9 Å². The Morgan fingerprint density at radius 3 is 2.00 bits per heavy atom. The van der Waals surface area contributed by atoms with E-state index in [-0.39, 0.29) is 0 Å². The minimum Gasteiger partial charge on any atom is -0.434 e. The zero-order valence-corrected chi connectivity index (χ0v) is 4.10. The van der Waals surface area contributed by atoms with E-state index in [2.05, 4.69) is 14.8 Å². The van der Waals surface area contributed by atoms with Gasteiger partial charge >= 0.3 is 0 Å². The molecule has 0 aromatic rings. The van der Waals surface area contributed by atoms with Crippen molar-refractivity contribution in [3.05, 3.63) is 0 Å². The molecule has 0 aliphatic carbocycles. The lowest BCUT2D eigenvalue weighted by Gasteiger charge is -1.64. The lowest BCUT2D eigenvalue weighted by Crippen LogP contribution is -1.27. The van der Waals surface area contributed by atoms with Gasteiger partial charge in [-0.15, -0.1) is 9.03 Å². The van der Waals surface area contributed by atoms with Crippen LogP contribution in [0.4, 0.5) is 0 Å². The molecule has 0 atom stereocenters. The minimum absolute atomic E-state index is 1.55. The molecule has 0 aromatic carbocycles. The van der Waals surface area contributed by atoms with Crippen molar-refractivity contribution in [2.45, 2.75) is 0 Å². The second-order valence-corrected chi connectivity index (χ2v) is 2.43. The summed E-state index contributed by atoms with van der Waals surface area (Å²) in [7, 11) is -1.55. The fraction of sp³-hybridized carbons (Fsp3) is 0. The van der Waals surface area contributed by atoms with E-state index in [1.807, 2.05) is 0 Å². The highest BCUT2D eigenvalue weighted by Gasteiger charge is 1.21. The smallest absolute Gasteiger partial charge is 0.128 e. The number of rotatable bonds is 0. The Hall–Kier alpha value is 0.430. The van der Waals surface area contributed by atoms with Crippen molar-refractivity contribution >= 4 is 23.8 Å². The summed E-state index contributed by atoms with van der Waals surface area (Å²) in [5, 5.41) is 0. The molecule has 0 fully saturated rings. The summed E-state index contributed by atoms with van der Waals surface area (Å²) in [4.78, 5) is 0. The Labute approximate surface area is 33.4 Å². The Morgan fingerprint density at radius 1 is 2.00 bits per heavy atom. The van der Waals surface area contributed by atoms with Crippen molar-refractivity contribution < 1.29 is 4.21 Å². The molecule has 0 aliphatic rings. The summed E-state index contributed by atoms with van der Waals surface area (Å²) in [6, 6.07) is 0. The van der Waals surface area contributed by atoms with Gasteiger partial charge in [0.05, 0.1) is 0 Å². The molecule has 0 rings (SSSR count). The Balaban J connectivity index is 3.51. The fourth-order valence-electron chi connectivity index (χ4n) is 0. The highest BCUT2D eigenvalue weighted by atomic mass is 79.9. The molecular formula is HBrNOS-. The van der Waals surface area contributed by atoms with Gasteiger partial charge in [-0.2, -0.15) is 14.8 Å². The predicted octanol–water partition coefficient (Wildman–Crippen LogP) is 1.02. The first-order chi connectivity index (χ1) is 1.73. The molecular weight excluding hydrogens is 142 g/mol. The second-order valence-electron chi connectivity index (χ2n) is 0.223. The number of nitrogens with one attached hydrogen (secondary N) is 1. The van der Waals surface area contributed by atoms with Gasteiger partial charge in [-0.1, -0.05) is 0 Å². The van der Waals surface area contributed by atoms with Gasteiger partial charge in [0.2, 0.25) is 0 Å². The van der Waals surface area contributed by atoms with E-state index < -0.39 is 9.03 Å². The van der Waals surface area contributed by atoms with Gasteiger partial charge < -0.3 is 8.99 Å². The summed E-state index contributed by atoms with van der Waals surface area (Å²) in [5.41, 5.74) is 0. The van der Waals surface area contributed by atoms with Gasteiger partial charge in [-0.05, 0) is 0 Å². The van der Waals surface area contributed by atoms with Crippen LogP contribution in [-0.2, 0) is 13.2 Å². The molecule has 0 spiro atoms. The summed E-state index contributed by atoms with van der Waals surface area (Å²) in [6.45, 7) is 0. The van der Waals surface area contributed by atoms with Crippen LogP contribution in [-0.4, -0.2) is 0 Å². The van der Waals surface area contributed by atoms with Crippen LogP contribution in [0.5, 0.6) is 0 Å². The number of hydrogen-bond donors (Lipinski definition) is 1. The summed E-state index contributed by atoms with van der Waals surface area (Å²) in [5.74, 6) is 0. The highest BCUT2D eigenvalue weighted by Crippen LogP contribution is 1.72. The van der Waals surface area contributed by atoms with Gasteiger partial charge in [-0.3, -0.25) is 0 Å². The van der Waals surface area contributed by atoms with E-state index in [1.54, 1.807) is 0 Å². The molecule has 0 radical (unpaired) electrons. The molecule has 0 amide bonds. The van der Waals surface area contributed by atoms with E-state index >= 15 is 0 Å². The number of hydrogen-bond acceptors (Lipinski definition) is 3. The lowest BCUT2D eigenvalue weighted by atomic mass is 14.0. The molecule has 4 heavy (non-hydrogen) atoms. The molecule has 2 nitrogen and oxygen atoms in total. The van der Waals surface area contributed by atoms with Crippen molar-refractivity contribution in [2.24, 2.45) is 0 Å². The van der Waals surface area contributed by atoms with Crippen molar-refractivity contribution in [1.29, 1.82) is 4.78 Å². The second kappa shape index (κ2) is 1.72. The standard InChI is InChI=1S/BrHNOS/c1-4(2)3/h2H/q-1. The van der Waals surface area contributed by atoms with Crippen molar-refractivity contribution in [1.82, 2.24) is 0 Å². The largest absolute Gasteiger partial charge is 0.434 e. The van der Waals surface area contributed by atoms with Crippen LogP contribution in [0.3, 0.4) is 0 Å². The fourth-order valence-corrected chi connectivity index (χ4v) is 0. The molecule has 0 aliphatic heterocycles. The van der Waals surface area contributed by atoms with Crippen LogP contribution in [0.1, 0.15) is 0 Å². The Kier molecular flexibility index (Phi) is 1.91. The van der Waals surface area contributed by atoms with Crippen LogP contribution < -0.4 is 0 Å². The van der Waals surface area contributed by atoms with Crippen LogP contribution in [0, 0.1) is 4.78 Å². The van der Waals surface area contributed by atoms with Gasteiger partial charge in [0.15, 0.2) is 0 Å². The van der Waals surface area contributed by atoms with Gasteiger partial charge in [-0.25, -0.2) is 0 Å². The Morgan fingerprint density at radius 2 is 2.00 bits per heavy atom. The van der Waals surface area contributed by atoms with Crippen LogP contribution in [0.2, 0.25) is 0 Å². The van der Waals surface area contributed by atoms with Gasteiger partial charge in [0.1, 0.15) is 0 Å². The average Bonchev–Trinajstić information content (AvgIpc) is 0.811. The zero-order valence-electron chi connectivity index (χ0n) is 1.69. The maximum atomic E-state index is 9.14. The third-order valence-electron chi connectivity index (χ3n) is 0. The minimum atomic E-state index is -1.55. The first kappa shape index (κ1) is 4.43. The molecule has 0 bridgehead atoms. The van der Waals surface area contributed by atoms with Crippen molar-refractivity contribution in [3.8, 4) is 0 Å². The van der Waals surface area contributed by atoms with E-state index in [9.17, 15) is 0 Å². The molecule has 0 saturated heterocycles. The molecule has 26 valence electrons. The number of halogens is 1. The van der Waals surface area contributed by atoms with Crippen molar-refractivity contribution in [3.63, 3.8) is 0 Å². The van der Waals surface area contributed by atoms with Crippen molar-refractivity contribution in [2.75, 3.05) is 0 Å². The van der Waals surface area contributed by atoms with Crippen LogP contribution in [0.25, 0.3) is 0 Å². The molecule has 0 saturated carbocycles. The maximum absolute atomic E-state index is 9.14. The summed E-state index contributed by atoms with van der Waals surface area (Å²) >= 11 is 2.41. The third kappa shape index (κ3) is 26.9. The molecule has 0 unspecified atom stereocenters. The molecule has 1 N–H and O–H groups in total. The Bertz CT molecular complexity index is 56.4. The molecule has 0 heterocycles. The van der Waals surface area contributed by atoms with E-state index in [4.69, 9.17) is 8.99 Å².